The van der Waals surface area contributed by atoms with Gasteiger partial charge in [-0.1, -0.05) is 0 Å². The van der Waals surface area contributed by atoms with Gasteiger partial charge in [-0.3, -0.25) is 14.3 Å². The summed E-state index contributed by atoms with van der Waals surface area (Å²) < 4.78 is 6.20. The minimum Gasteiger partial charge on any atom is -0.393 e. The van der Waals surface area contributed by atoms with Crippen LogP contribution in [0.15, 0.2) is 9.59 Å². The van der Waals surface area contributed by atoms with E-state index in [1.165, 1.54) is 11.7 Å². The summed E-state index contributed by atoms with van der Waals surface area (Å²) in [5.41, 5.74) is 5.05. The highest BCUT2D eigenvalue weighted by atomic mass is 16.5. The summed E-state index contributed by atoms with van der Waals surface area (Å²) in [4.78, 5) is 25.8. The second kappa shape index (κ2) is 6.77. The summed E-state index contributed by atoms with van der Waals surface area (Å²) in [5.74, 6) is 0.414. The van der Waals surface area contributed by atoms with E-state index in [9.17, 15) is 14.7 Å². The molecule has 0 spiro atoms. The predicted octanol–water partition coefficient (Wildman–Crippen LogP) is -0.662. The average Bonchev–Trinajstić information content (AvgIpc) is 2.84. The molecular formula is C13H22N4O4. The molecule has 0 aliphatic heterocycles. The van der Waals surface area contributed by atoms with Gasteiger partial charge in [-0.2, -0.15) is 0 Å². The van der Waals surface area contributed by atoms with Crippen molar-refractivity contribution in [2.75, 3.05) is 31.3 Å². The first-order chi connectivity index (χ1) is 10.0. The van der Waals surface area contributed by atoms with Crippen LogP contribution in [-0.2, 0) is 11.3 Å². The number of aliphatic hydroxyl groups excluding tert-OH is 1. The van der Waals surface area contributed by atoms with Gasteiger partial charge in [0, 0.05) is 13.7 Å². The molecule has 2 rings (SSSR count). The van der Waals surface area contributed by atoms with Crippen molar-refractivity contribution in [3.8, 4) is 0 Å². The van der Waals surface area contributed by atoms with Gasteiger partial charge in [0.2, 0.25) is 0 Å². The lowest BCUT2D eigenvalue weighted by molar-refractivity contribution is 0.178. The molecular weight excluding hydrogens is 276 g/mol. The maximum Gasteiger partial charge on any atom is 0.330 e. The zero-order valence-corrected chi connectivity index (χ0v) is 12.1. The third-order valence-electron chi connectivity index (χ3n) is 3.84. The normalized spacial score (nSPS) is 21.6. The molecule has 0 saturated heterocycles. The second-order valence-corrected chi connectivity index (χ2v) is 5.38. The van der Waals surface area contributed by atoms with E-state index >= 15 is 0 Å². The molecule has 1 aliphatic carbocycles. The lowest BCUT2D eigenvalue weighted by Gasteiger charge is -2.15. The number of hydrogen-bond donors (Lipinski definition) is 4. The molecule has 2 atom stereocenters. The Labute approximate surface area is 121 Å². The fraction of sp³-hybridized carbons (Fsp3) is 0.692. The number of rotatable bonds is 6. The van der Waals surface area contributed by atoms with Crippen molar-refractivity contribution in [3.63, 3.8) is 0 Å². The lowest BCUT2D eigenvalue weighted by atomic mass is 10.1. The maximum absolute atomic E-state index is 11.9. The quantitative estimate of drug-likeness (QED) is 0.553. The molecule has 2 unspecified atom stereocenters. The van der Waals surface area contributed by atoms with Crippen LogP contribution in [0.5, 0.6) is 0 Å². The summed E-state index contributed by atoms with van der Waals surface area (Å²) in [6.07, 6.45) is 2.15. The van der Waals surface area contributed by atoms with Crippen LogP contribution in [0.3, 0.4) is 0 Å². The van der Waals surface area contributed by atoms with E-state index in [4.69, 9.17) is 10.5 Å². The molecule has 8 heteroatoms. The SMILES string of the molecule is COCCn1c(N)c(NCC2CCC(O)C2)c(=O)[nH]c1=O. The van der Waals surface area contributed by atoms with Gasteiger partial charge >= 0.3 is 5.69 Å². The third-order valence-corrected chi connectivity index (χ3v) is 3.84. The summed E-state index contributed by atoms with van der Waals surface area (Å²) in [7, 11) is 1.53. The van der Waals surface area contributed by atoms with Gasteiger partial charge in [0.05, 0.1) is 19.3 Å². The van der Waals surface area contributed by atoms with Gasteiger partial charge < -0.3 is 20.9 Å². The molecule has 1 aliphatic rings. The zero-order chi connectivity index (χ0) is 15.4. The van der Waals surface area contributed by atoms with Crippen molar-refractivity contribution in [2.24, 2.45) is 5.92 Å². The Morgan fingerprint density at radius 3 is 2.86 bits per heavy atom. The average molecular weight is 298 g/mol. The first kappa shape index (κ1) is 15.6. The molecule has 1 fully saturated rings. The number of aromatic amines is 1. The summed E-state index contributed by atoms with van der Waals surface area (Å²) in [6.45, 7) is 1.14. The van der Waals surface area contributed by atoms with Crippen LogP contribution >= 0.6 is 0 Å². The first-order valence-corrected chi connectivity index (χ1v) is 7.06. The largest absolute Gasteiger partial charge is 0.393 e. The number of methoxy groups -OCH3 is 1. The van der Waals surface area contributed by atoms with Crippen LogP contribution in [0.4, 0.5) is 11.5 Å². The number of hydrogen-bond acceptors (Lipinski definition) is 6. The molecule has 0 aromatic carbocycles. The first-order valence-electron chi connectivity index (χ1n) is 7.06. The minimum absolute atomic E-state index is 0.111. The highest BCUT2D eigenvalue weighted by Gasteiger charge is 2.23. The Morgan fingerprint density at radius 2 is 2.24 bits per heavy atom. The summed E-state index contributed by atoms with van der Waals surface area (Å²) >= 11 is 0. The number of H-pyrrole nitrogens is 1. The Kier molecular flexibility index (Phi) is 5.03. The Hall–Kier alpha value is -1.80. The lowest BCUT2D eigenvalue weighted by Crippen LogP contribution is -2.35. The van der Waals surface area contributed by atoms with Gasteiger partial charge in [0.25, 0.3) is 5.56 Å². The van der Waals surface area contributed by atoms with E-state index in [1.54, 1.807) is 0 Å². The van der Waals surface area contributed by atoms with Crippen molar-refractivity contribution in [1.29, 1.82) is 0 Å². The van der Waals surface area contributed by atoms with Crippen LogP contribution in [0.25, 0.3) is 0 Å². The van der Waals surface area contributed by atoms with Gasteiger partial charge in [-0.05, 0) is 25.2 Å². The number of aliphatic hydroxyl groups is 1. The molecule has 1 aromatic rings. The monoisotopic (exact) mass is 298 g/mol. The van der Waals surface area contributed by atoms with Crippen LogP contribution in [0, 0.1) is 5.92 Å². The smallest absolute Gasteiger partial charge is 0.330 e. The Bertz CT molecular complexity index is 595. The molecule has 5 N–H and O–H groups in total. The third kappa shape index (κ3) is 3.64. The summed E-state index contributed by atoms with van der Waals surface area (Å²) in [5, 5.41) is 12.5. The van der Waals surface area contributed by atoms with E-state index in [1.807, 2.05) is 0 Å². The molecule has 0 bridgehead atoms. The maximum atomic E-state index is 11.9. The second-order valence-electron chi connectivity index (χ2n) is 5.38. The van der Waals surface area contributed by atoms with E-state index in [2.05, 4.69) is 10.3 Å². The highest BCUT2D eigenvalue weighted by molar-refractivity contribution is 5.60. The van der Waals surface area contributed by atoms with Gasteiger partial charge in [-0.25, -0.2) is 4.79 Å². The number of anilines is 2. The van der Waals surface area contributed by atoms with Crippen molar-refractivity contribution < 1.29 is 9.84 Å². The van der Waals surface area contributed by atoms with Gasteiger partial charge in [-0.15, -0.1) is 0 Å². The van der Waals surface area contributed by atoms with Crippen molar-refractivity contribution in [2.45, 2.75) is 31.9 Å². The van der Waals surface area contributed by atoms with E-state index in [0.717, 1.165) is 12.8 Å². The zero-order valence-electron chi connectivity index (χ0n) is 12.1. The van der Waals surface area contributed by atoms with Crippen molar-refractivity contribution in [1.82, 2.24) is 9.55 Å². The Balaban J connectivity index is 2.14. The number of aromatic nitrogens is 2. The fourth-order valence-electron chi connectivity index (χ4n) is 2.64. The molecule has 0 radical (unpaired) electrons. The van der Waals surface area contributed by atoms with Crippen LogP contribution in [0.1, 0.15) is 19.3 Å². The standard InChI is InChI=1S/C13H22N4O4/c1-21-5-4-17-11(14)10(12(19)16-13(17)20)15-7-8-2-3-9(18)6-8/h8-9,15,18H,2-7,14H2,1H3,(H,16,19,20). The molecule has 8 nitrogen and oxygen atoms in total. The predicted molar refractivity (Wildman–Crippen MR) is 79.4 cm³/mol. The number of nitrogens with two attached hydrogens (primary N) is 1. The van der Waals surface area contributed by atoms with Crippen LogP contribution in [-0.4, -0.2) is 41.0 Å². The van der Waals surface area contributed by atoms with Gasteiger partial charge in [0.1, 0.15) is 11.5 Å². The molecule has 1 aromatic heterocycles. The molecule has 0 amide bonds. The Morgan fingerprint density at radius 1 is 1.48 bits per heavy atom. The van der Waals surface area contributed by atoms with Crippen molar-refractivity contribution in [3.05, 3.63) is 20.8 Å². The van der Waals surface area contributed by atoms with Gasteiger partial charge in [0.15, 0.2) is 0 Å². The molecule has 1 heterocycles. The fourth-order valence-corrected chi connectivity index (χ4v) is 2.64. The molecule has 1 saturated carbocycles. The van der Waals surface area contributed by atoms with Crippen LogP contribution < -0.4 is 22.3 Å². The number of nitrogens with one attached hydrogen (secondary N) is 2. The van der Waals surface area contributed by atoms with E-state index in [0.29, 0.717) is 25.5 Å². The number of ether oxygens (including phenoxy) is 1. The number of nitrogens with zero attached hydrogens (tertiary/aromatic N) is 1. The van der Waals surface area contributed by atoms with Crippen LogP contribution in [0.2, 0.25) is 0 Å². The van der Waals surface area contributed by atoms with E-state index < -0.39 is 11.2 Å². The summed E-state index contributed by atoms with van der Waals surface area (Å²) in [6, 6.07) is 0. The topological polar surface area (TPSA) is 122 Å². The highest BCUT2D eigenvalue weighted by Crippen LogP contribution is 2.25. The molecule has 21 heavy (non-hydrogen) atoms. The van der Waals surface area contributed by atoms with Crippen molar-refractivity contribution >= 4 is 11.5 Å². The molecule has 118 valence electrons. The van der Waals surface area contributed by atoms with E-state index in [-0.39, 0.29) is 24.2 Å². The number of nitrogen functional groups attached to an aromatic ring is 1. The minimum atomic E-state index is -0.545.